The molecule has 0 saturated carbocycles. The first-order valence-electron chi connectivity index (χ1n) is 11.3. The number of hydrogen-bond donors (Lipinski definition) is 0. The van der Waals surface area contributed by atoms with Crippen molar-refractivity contribution < 1.29 is 23.9 Å². The van der Waals surface area contributed by atoms with Gasteiger partial charge in [-0.25, -0.2) is 4.90 Å². The number of hydrogen-bond acceptors (Lipinski definition) is 5. The van der Waals surface area contributed by atoms with Gasteiger partial charge >= 0.3 is 0 Å². The van der Waals surface area contributed by atoms with Gasteiger partial charge in [0.25, 0.3) is 0 Å². The van der Waals surface area contributed by atoms with Crippen molar-refractivity contribution in [2.45, 2.75) is 25.6 Å². The molecule has 0 aromatic heterocycles. The summed E-state index contributed by atoms with van der Waals surface area (Å²) in [5.41, 5.74) is 0.913. The molecule has 3 aromatic rings. The molecule has 7 heteroatoms. The van der Waals surface area contributed by atoms with Crippen molar-refractivity contribution >= 4 is 40.7 Å². The molecule has 2 heterocycles. The van der Waals surface area contributed by atoms with E-state index in [4.69, 9.17) is 16.3 Å². The van der Waals surface area contributed by atoms with Crippen LogP contribution in [0.1, 0.15) is 43.5 Å². The van der Waals surface area contributed by atoms with Gasteiger partial charge in [0.2, 0.25) is 29.0 Å². The zero-order valence-corrected chi connectivity index (χ0v) is 19.7. The maximum absolute atomic E-state index is 14.0. The molecule has 0 radical (unpaired) electrons. The molecule has 3 aromatic carbocycles. The Bertz CT molecular complexity index is 1420. The fraction of sp³-hybridized carbons (Fsp3) is 0.214. The number of rotatable bonds is 2. The highest BCUT2D eigenvalue weighted by atomic mass is 35.5. The number of halogens is 1. The van der Waals surface area contributed by atoms with E-state index in [-0.39, 0.29) is 11.1 Å². The van der Waals surface area contributed by atoms with Crippen molar-refractivity contribution in [1.29, 1.82) is 0 Å². The lowest BCUT2D eigenvalue weighted by Gasteiger charge is -2.27. The first kappa shape index (κ1) is 21.9. The number of amides is 2. The van der Waals surface area contributed by atoms with Gasteiger partial charge in [-0.15, -0.1) is 0 Å². The number of aryl methyl sites for hydroxylation is 2. The molecule has 35 heavy (non-hydrogen) atoms. The molecule has 0 unspecified atom stereocenters. The molecular weight excluding hydrogens is 466 g/mol. The molecular formula is C28H20ClNO5. The van der Waals surface area contributed by atoms with E-state index in [0.29, 0.717) is 16.3 Å². The maximum Gasteiger partial charge on any atom is 0.241 e. The largest absolute Gasteiger partial charge is 0.349 e. The highest BCUT2D eigenvalue weighted by molar-refractivity contribution is 6.37. The molecule has 2 amide bonds. The first-order chi connectivity index (χ1) is 16.8. The van der Waals surface area contributed by atoms with Gasteiger partial charge in [0.15, 0.2) is 0 Å². The Morgan fingerprint density at radius 1 is 0.800 bits per heavy atom. The number of carbonyl (C=O) groups is 4. The quantitative estimate of drug-likeness (QED) is 0.390. The highest BCUT2D eigenvalue weighted by Crippen LogP contribution is 2.58. The summed E-state index contributed by atoms with van der Waals surface area (Å²) in [7, 11) is 0. The van der Waals surface area contributed by atoms with E-state index in [2.05, 4.69) is 0 Å². The SMILES string of the molecule is Cc1cc(C)cc(N2C(=O)[C@H]3[C@@H](c4ccccc4Cl)OC4(C(=O)c5ccccc5C4=O)[C@@H]3C2=O)c1. The van der Waals surface area contributed by atoms with Crippen LogP contribution in [0.2, 0.25) is 5.02 Å². The molecule has 6 nitrogen and oxygen atoms in total. The van der Waals surface area contributed by atoms with Gasteiger partial charge in [0.1, 0.15) is 0 Å². The third-order valence-corrected chi connectivity index (χ3v) is 7.54. The van der Waals surface area contributed by atoms with Crippen molar-refractivity contribution in [3.05, 3.63) is 99.6 Å². The number of nitrogens with zero attached hydrogens (tertiary/aromatic N) is 1. The van der Waals surface area contributed by atoms with Crippen LogP contribution in [0.3, 0.4) is 0 Å². The number of ketones is 2. The third kappa shape index (κ3) is 2.81. The van der Waals surface area contributed by atoms with E-state index < -0.39 is 46.9 Å². The predicted octanol–water partition coefficient (Wildman–Crippen LogP) is 4.65. The van der Waals surface area contributed by atoms with Crippen molar-refractivity contribution in [1.82, 2.24) is 0 Å². The lowest BCUT2D eigenvalue weighted by atomic mass is 9.77. The number of benzene rings is 3. The van der Waals surface area contributed by atoms with E-state index in [9.17, 15) is 19.2 Å². The molecule has 6 rings (SSSR count). The zero-order valence-electron chi connectivity index (χ0n) is 18.9. The molecule has 2 aliphatic heterocycles. The van der Waals surface area contributed by atoms with Crippen LogP contribution >= 0.6 is 11.6 Å². The summed E-state index contributed by atoms with van der Waals surface area (Å²) in [5.74, 6) is -4.69. The Balaban J connectivity index is 1.57. The third-order valence-electron chi connectivity index (χ3n) is 7.20. The Morgan fingerprint density at radius 2 is 1.37 bits per heavy atom. The molecule has 174 valence electrons. The second kappa shape index (κ2) is 7.44. The van der Waals surface area contributed by atoms with Gasteiger partial charge in [-0.3, -0.25) is 19.2 Å². The van der Waals surface area contributed by atoms with Gasteiger partial charge in [-0.2, -0.15) is 0 Å². The number of Topliss-reactive ketones (excluding diaryl/α,β-unsaturated/α-hetero) is 2. The number of carbonyl (C=O) groups excluding carboxylic acids is 4. The van der Waals surface area contributed by atoms with Crippen LogP contribution in [0.15, 0.2) is 66.7 Å². The standard InChI is InChI=1S/C28H20ClNO5/c1-14-11-15(2)13-16(12-14)30-26(33)21-22(27(30)34)28(35-23(21)19-9-5-6-10-20(19)29)24(31)17-7-3-4-8-18(17)25(28)32/h3-13,21-23H,1-2H3/t21-,22+,23-/m1/s1. The van der Waals surface area contributed by atoms with E-state index in [0.717, 1.165) is 16.0 Å². The van der Waals surface area contributed by atoms with Gasteiger partial charge in [-0.1, -0.05) is 60.1 Å². The lowest BCUT2D eigenvalue weighted by Crippen LogP contribution is -2.51. The highest BCUT2D eigenvalue weighted by Gasteiger charge is 2.74. The summed E-state index contributed by atoms with van der Waals surface area (Å²) in [6, 6.07) is 18.7. The van der Waals surface area contributed by atoms with Crippen LogP contribution in [-0.4, -0.2) is 29.0 Å². The second-order valence-electron chi connectivity index (χ2n) is 9.36. The second-order valence-corrected chi connectivity index (χ2v) is 9.77. The van der Waals surface area contributed by atoms with Gasteiger partial charge in [-0.05, 0) is 43.2 Å². The number of anilines is 1. The smallest absolute Gasteiger partial charge is 0.241 e. The molecule has 3 atom stereocenters. The Labute approximate surface area is 206 Å². The van der Waals surface area contributed by atoms with Crippen molar-refractivity contribution in [2.24, 2.45) is 11.8 Å². The molecule has 0 N–H and O–H groups in total. The lowest BCUT2D eigenvalue weighted by molar-refractivity contribution is -0.127. The van der Waals surface area contributed by atoms with E-state index in [1.165, 1.54) is 0 Å². The average Bonchev–Trinajstić information content (AvgIpc) is 3.39. The van der Waals surface area contributed by atoms with Crippen LogP contribution < -0.4 is 4.90 Å². The van der Waals surface area contributed by atoms with Crippen LogP contribution in [0, 0.1) is 25.7 Å². The van der Waals surface area contributed by atoms with Crippen LogP contribution in [-0.2, 0) is 14.3 Å². The fourth-order valence-electron chi connectivity index (χ4n) is 5.84. The Hall–Kier alpha value is -3.61. The van der Waals surface area contributed by atoms with Gasteiger partial charge in [0.05, 0.1) is 23.6 Å². The van der Waals surface area contributed by atoms with Crippen LogP contribution in [0.25, 0.3) is 0 Å². The summed E-state index contributed by atoms with van der Waals surface area (Å²) in [6.45, 7) is 3.75. The number of ether oxygens (including phenoxy) is 1. The molecule has 0 bridgehead atoms. The normalized spacial score (nSPS) is 24.4. The minimum atomic E-state index is -2.11. The molecule has 1 aliphatic carbocycles. The molecule has 1 spiro atoms. The van der Waals surface area contributed by atoms with Crippen LogP contribution in [0.5, 0.6) is 0 Å². The van der Waals surface area contributed by atoms with Crippen molar-refractivity contribution in [3.8, 4) is 0 Å². The minimum absolute atomic E-state index is 0.196. The van der Waals surface area contributed by atoms with E-state index >= 15 is 0 Å². The summed E-state index contributed by atoms with van der Waals surface area (Å²) < 4.78 is 6.27. The predicted molar refractivity (Wildman–Crippen MR) is 129 cm³/mol. The first-order valence-corrected chi connectivity index (χ1v) is 11.7. The van der Waals surface area contributed by atoms with Gasteiger partial charge < -0.3 is 4.74 Å². The maximum atomic E-state index is 14.0. The Morgan fingerprint density at radius 3 is 1.97 bits per heavy atom. The van der Waals surface area contributed by atoms with E-state index in [1.54, 1.807) is 60.7 Å². The molecule has 2 fully saturated rings. The summed E-state index contributed by atoms with van der Waals surface area (Å²) in [4.78, 5) is 56.5. The fourth-order valence-corrected chi connectivity index (χ4v) is 6.08. The summed E-state index contributed by atoms with van der Waals surface area (Å²) >= 11 is 6.47. The monoisotopic (exact) mass is 485 g/mol. The number of fused-ring (bicyclic) bond motifs is 3. The average molecular weight is 486 g/mol. The van der Waals surface area contributed by atoms with Gasteiger partial charge in [0, 0.05) is 21.7 Å². The number of imide groups is 1. The zero-order chi connectivity index (χ0) is 24.6. The van der Waals surface area contributed by atoms with Crippen molar-refractivity contribution in [3.63, 3.8) is 0 Å². The van der Waals surface area contributed by atoms with Crippen LogP contribution in [0.4, 0.5) is 5.69 Å². The Kier molecular flexibility index (Phi) is 4.66. The van der Waals surface area contributed by atoms with Crippen molar-refractivity contribution in [2.75, 3.05) is 4.90 Å². The van der Waals surface area contributed by atoms with E-state index in [1.807, 2.05) is 19.9 Å². The molecule has 3 aliphatic rings. The summed E-state index contributed by atoms with van der Waals surface area (Å²) in [5, 5.41) is 0.328. The topological polar surface area (TPSA) is 80.8 Å². The minimum Gasteiger partial charge on any atom is -0.349 e. The summed E-state index contributed by atoms with van der Waals surface area (Å²) in [6.07, 6.45) is -1.04. The molecule has 2 saturated heterocycles.